The minimum absolute atomic E-state index is 0.00739. The number of pyridine rings is 1. The Balaban J connectivity index is 1.62. The first-order valence-electron chi connectivity index (χ1n) is 7.71. The lowest BCUT2D eigenvalue weighted by Crippen LogP contribution is -2.21. The lowest BCUT2D eigenvalue weighted by molar-refractivity contribution is -0.387. The largest absolute Gasteiger partial charge is 0.451 e. The van der Waals surface area contributed by atoms with E-state index >= 15 is 0 Å². The van der Waals surface area contributed by atoms with E-state index in [2.05, 4.69) is 10.3 Å². The summed E-state index contributed by atoms with van der Waals surface area (Å²) in [6.07, 6.45) is 0. The average molecular weight is 369 g/mol. The average Bonchev–Trinajstić information content (AvgIpc) is 2.67. The van der Waals surface area contributed by atoms with Gasteiger partial charge in [-0.25, -0.2) is 9.78 Å². The van der Waals surface area contributed by atoms with Crippen LogP contribution in [0.4, 0.5) is 15.8 Å². The van der Waals surface area contributed by atoms with Crippen molar-refractivity contribution in [2.24, 2.45) is 0 Å². The summed E-state index contributed by atoms with van der Waals surface area (Å²) in [5, 5.41) is 13.8. The molecule has 0 unspecified atom stereocenters. The van der Waals surface area contributed by atoms with Crippen LogP contribution in [-0.4, -0.2) is 28.4 Å². The van der Waals surface area contributed by atoms with Gasteiger partial charge in [-0.05, 0) is 24.3 Å². The molecule has 0 saturated carbocycles. The van der Waals surface area contributed by atoms with Gasteiger partial charge in [0.2, 0.25) is 5.82 Å². The van der Waals surface area contributed by atoms with Crippen molar-refractivity contribution in [1.82, 2.24) is 4.98 Å². The van der Waals surface area contributed by atoms with E-state index in [0.717, 1.165) is 23.6 Å². The summed E-state index contributed by atoms with van der Waals surface area (Å²) in [6.45, 7) is -0.626. The SMILES string of the molecule is O=C(COC(=O)c1ccc2ccccc2n1)Nc1ccc(F)c([N+](=O)[O-])c1. The molecule has 3 aromatic rings. The molecule has 0 bridgehead atoms. The number of para-hydroxylation sites is 1. The van der Waals surface area contributed by atoms with Crippen LogP contribution in [0.2, 0.25) is 0 Å². The number of halogens is 1. The summed E-state index contributed by atoms with van der Waals surface area (Å²) in [4.78, 5) is 37.8. The van der Waals surface area contributed by atoms with Crippen molar-refractivity contribution in [3.63, 3.8) is 0 Å². The van der Waals surface area contributed by atoms with Crippen molar-refractivity contribution in [2.75, 3.05) is 11.9 Å². The Kier molecular flexibility index (Phi) is 5.02. The quantitative estimate of drug-likeness (QED) is 0.420. The maximum absolute atomic E-state index is 13.3. The smallest absolute Gasteiger partial charge is 0.357 e. The highest BCUT2D eigenvalue weighted by Gasteiger charge is 2.16. The van der Waals surface area contributed by atoms with Gasteiger partial charge in [0.1, 0.15) is 5.69 Å². The second-order valence-electron chi connectivity index (χ2n) is 5.44. The molecule has 0 atom stereocenters. The van der Waals surface area contributed by atoms with Crippen LogP contribution in [0.1, 0.15) is 10.5 Å². The lowest BCUT2D eigenvalue weighted by atomic mass is 10.2. The molecule has 8 nitrogen and oxygen atoms in total. The second kappa shape index (κ2) is 7.56. The summed E-state index contributed by atoms with van der Waals surface area (Å²) in [7, 11) is 0. The molecule has 0 aliphatic heterocycles. The molecule has 0 saturated heterocycles. The fraction of sp³-hybridized carbons (Fsp3) is 0.0556. The third-order valence-corrected chi connectivity index (χ3v) is 3.57. The number of amides is 1. The number of nitro groups is 1. The van der Waals surface area contributed by atoms with Crippen molar-refractivity contribution in [1.29, 1.82) is 0 Å². The summed E-state index contributed by atoms with van der Waals surface area (Å²) in [6, 6.07) is 13.3. The first-order chi connectivity index (χ1) is 12.9. The molecule has 0 radical (unpaired) electrons. The number of rotatable bonds is 5. The summed E-state index contributed by atoms with van der Waals surface area (Å²) < 4.78 is 18.2. The third-order valence-electron chi connectivity index (χ3n) is 3.57. The van der Waals surface area contributed by atoms with E-state index in [9.17, 15) is 24.1 Å². The first kappa shape index (κ1) is 17.9. The molecule has 1 heterocycles. The van der Waals surface area contributed by atoms with Crippen molar-refractivity contribution in [2.45, 2.75) is 0 Å². The number of ether oxygens (including phenoxy) is 1. The minimum atomic E-state index is -1.02. The fourth-order valence-corrected chi connectivity index (χ4v) is 2.31. The number of aromatic nitrogens is 1. The third kappa shape index (κ3) is 4.21. The monoisotopic (exact) mass is 369 g/mol. The summed E-state index contributed by atoms with van der Waals surface area (Å²) in [5.41, 5.74) is -0.118. The van der Waals surface area contributed by atoms with E-state index in [1.165, 1.54) is 6.07 Å². The summed E-state index contributed by atoms with van der Waals surface area (Å²) >= 11 is 0. The van der Waals surface area contributed by atoms with Gasteiger partial charge in [0.15, 0.2) is 6.61 Å². The Labute approximate surface area is 151 Å². The normalized spacial score (nSPS) is 10.4. The summed E-state index contributed by atoms with van der Waals surface area (Å²) in [5.74, 6) is -2.54. The van der Waals surface area contributed by atoms with Crippen LogP contribution >= 0.6 is 0 Å². The second-order valence-corrected chi connectivity index (χ2v) is 5.44. The molecular formula is C18H12FN3O5. The zero-order valence-corrected chi connectivity index (χ0v) is 13.7. The molecule has 1 aromatic heterocycles. The first-order valence-corrected chi connectivity index (χ1v) is 7.71. The number of benzene rings is 2. The fourth-order valence-electron chi connectivity index (χ4n) is 2.31. The van der Waals surface area contributed by atoms with E-state index in [-0.39, 0.29) is 11.4 Å². The van der Waals surface area contributed by atoms with Crippen molar-refractivity contribution in [3.05, 3.63) is 76.2 Å². The van der Waals surface area contributed by atoms with E-state index in [4.69, 9.17) is 4.74 Å². The van der Waals surface area contributed by atoms with E-state index in [1.54, 1.807) is 18.2 Å². The van der Waals surface area contributed by atoms with Crippen LogP contribution < -0.4 is 5.32 Å². The van der Waals surface area contributed by atoms with Gasteiger partial charge in [-0.3, -0.25) is 14.9 Å². The molecule has 0 fully saturated rings. The molecule has 0 aliphatic carbocycles. The molecule has 0 spiro atoms. The highest BCUT2D eigenvalue weighted by Crippen LogP contribution is 2.21. The predicted octanol–water partition coefficient (Wildman–Crippen LogP) is 3.08. The molecule has 136 valence electrons. The Hall–Kier alpha value is -3.88. The van der Waals surface area contributed by atoms with Crippen LogP contribution in [0, 0.1) is 15.9 Å². The number of nitro benzene ring substituents is 1. The van der Waals surface area contributed by atoms with E-state index < -0.39 is 34.9 Å². The number of carbonyl (C=O) groups is 2. The number of carbonyl (C=O) groups excluding carboxylic acids is 2. The molecule has 9 heteroatoms. The lowest BCUT2D eigenvalue weighted by Gasteiger charge is -2.07. The highest BCUT2D eigenvalue weighted by molar-refractivity contribution is 5.96. The minimum Gasteiger partial charge on any atom is -0.451 e. The maximum atomic E-state index is 13.3. The standard InChI is InChI=1S/C18H12FN3O5/c19-13-7-6-12(9-16(13)22(25)26)20-17(23)10-27-18(24)15-8-5-11-3-1-2-4-14(11)21-15/h1-9H,10H2,(H,20,23). The molecule has 3 rings (SSSR count). The van der Waals surface area contributed by atoms with Crippen LogP contribution in [0.15, 0.2) is 54.6 Å². The van der Waals surface area contributed by atoms with Gasteiger partial charge < -0.3 is 10.1 Å². The predicted molar refractivity (Wildman–Crippen MR) is 93.7 cm³/mol. The number of fused-ring (bicyclic) bond motifs is 1. The Bertz CT molecular complexity index is 1050. The maximum Gasteiger partial charge on any atom is 0.357 e. The van der Waals surface area contributed by atoms with Gasteiger partial charge >= 0.3 is 11.7 Å². The van der Waals surface area contributed by atoms with Crippen LogP contribution in [-0.2, 0) is 9.53 Å². The molecule has 27 heavy (non-hydrogen) atoms. The van der Waals surface area contributed by atoms with Gasteiger partial charge in [0.25, 0.3) is 5.91 Å². The van der Waals surface area contributed by atoms with Crippen molar-refractivity contribution < 1.29 is 23.6 Å². The van der Waals surface area contributed by atoms with Crippen molar-refractivity contribution >= 4 is 34.2 Å². The van der Waals surface area contributed by atoms with Crippen LogP contribution in [0.3, 0.4) is 0 Å². The topological polar surface area (TPSA) is 111 Å². The van der Waals surface area contributed by atoms with E-state index in [1.807, 2.05) is 12.1 Å². The molecule has 1 amide bonds. The van der Waals surface area contributed by atoms with Gasteiger partial charge in [-0.15, -0.1) is 0 Å². The molecular weight excluding hydrogens is 357 g/mol. The van der Waals surface area contributed by atoms with Crippen molar-refractivity contribution in [3.8, 4) is 0 Å². The number of hydrogen-bond acceptors (Lipinski definition) is 6. The molecule has 0 aliphatic rings. The number of nitrogens with one attached hydrogen (secondary N) is 1. The van der Waals surface area contributed by atoms with Crippen LogP contribution in [0.25, 0.3) is 10.9 Å². The van der Waals surface area contributed by atoms with Gasteiger partial charge in [0, 0.05) is 17.1 Å². The van der Waals surface area contributed by atoms with Gasteiger partial charge in [-0.2, -0.15) is 4.39 Å². The zero-order chi connectivity index (χ0) is 19.4. The van der Waals surface area contributed by atoms with E-state index in [0.29, 0.717) is 5.52 Å². The number of anilines is 1. The highest BCUT2D eigenvalue weighted by atomic mass is 19.1. The Morgan fingerprint density at radius 2 is 1.93 bits per heavy atom. The molecule has 1 N–H and O–H groups in total. The number of nitrogens with zero attached hydrogens (tertiary/aromatic N) is 2. The number of esters is 1. The van der Waals surface area contributed by atoms with Gasteiger partial charge in [-0.1, -0.05) is 24.3 Å². The van der Waals surface area contributed by atoms with Crippen LogP contribution in [0.5, 0.6) is 0 Å². The Morgan fingerprint density at radius 3 is 2.70 bits per heavy atom. The Morgan fingerprint density at radius 1 is 1.15 bits per heavy atom. The zero-order valence-electron chi connectivity index (χ0n) is 13.7. The van der Waals surface area contributed by atoms with Gasteiger partial charge in [0.05, 0.1) is 10.4 Å². The molecule has 2 aromatic carbocycles. The number of hydrogen-bond donors (Lipinski definition) is 1.